The molecule has 0 fully saturated rings. The lowest BCUT2D eigenvalue weighted by Crippen LogP contribution is -1.82. The molecule has 0 aliphatic rings. The summed E-state index contributed by atoms with van der Waals surface area (Å²) in [5, 5.41) is 2.25. The van der Waals surface area contributed by atoms with E-state index in [-0.39, 0.29) is 0 Å². The summed E-state index contributed by atoms with van der Waals surface area (Å²) in [5.74, 6) is 1.60. The van der Waals surface area contributed by atoms with E-state index in [9.17, 15) is 0 Å². The first-order chi connectivity index (χ1) is 9.90. The standard InChI is InChI=1S/C18H12O2/c1-2-6-13(7-3-1)19-14-10-11-16-15-8-4-5-9-17(15)20-18(16)12-14/h1-12H. The molecule has 1 heterocycles. The van der Waals surface area contributed by atoms with Gasteiger partial charge in [-0.3, -0.25) is 0 Å². The summed E-state index contributed by atoms with van der Waals surface area (Å²) in [7, 11) is 0. The molecule has 0 amide bonds. The molecule has 4 rings (SSSR count). The lowest BCUT2D eigenvalue weighted by Gasteiger charge is -2.04. The Morgan fingerprint density at radius 1 is 0.600 bits per heavy atom. The van der Waals surface area contributed by atoms with Gasteiger partial charge in [0.25, 0.3) is 0 Å². The number of ether oxygens (including phenoxy) is 1. The van der Waals surface area contributed by atoms with Gasteiger partial charge in [-0.15, -0.1) is 0 Å². The van der Waals surface area contributed by atoms with Crippen LogP contribution >= 0.6 is 0 Å². The largest absolute Gasteiger partial charge is 0.457 e. The van der Waals surface area contributed by atoms with E-state index in [2.05, 4.69) is 6.07 Å². The van der Waals surface area contributed by atoms with Crippen LogP contribution in [0.25, 0.3) is 21.9 Å². The van der Waals surface area contributed by atoms with Crippen molar-refractivity contribution in [2.75, 3.05) is 0 Å². The molecule has 4 aromatic rings. The van der Waals surface area contributed by atoms with E-state index in [1.165, 1.54) is 0 Å². The first-order valence-corrected chi connectivity index (χ1v) is 6.54. The van der Waals surface area contributed by atoms with Crippen LogP contribution in [-0.4, -0.2) is 0 Å². The summed E-state index contributed by atoms with van der Waals surface area (Å²) in [5.41, 5.74) is 1.75. The van der Waals surface area contributed by atoms with E-state index in [1.54, 1.807) is 0 Å². The van der Waals surface area contributed by atoms with Crippen molar-refractivity contribution < 1.29 is 9.15 Å². The van der Waals surface area contributed by atoms with E-state index >= 15 is 0 Å². The van der Waals surface area contributed by atoms with Crippen LogP contribution < -0.4 is 4.74 Å². The molecule has 0 saturated heterocycles. The molecule has 0 radical (unpaired) electrons. The topological polar surface area (TPSA) is 22.4 Å². The highest BCUT2D eigenvalue weighted by molar-refractivity contribution is 6.05. The first-order valence-electron chi connectivity index (χ1n) is 6.54. The number of rotatable bonds is 2. The molecule has 0 aliphatic carbocycles. The average Bonchev–Trinajstić information content (AvgIpc) is 2.86. The van der Waals surface area contributed by atoms with Crippen LogP contribution in [0.2, 0.25) is 0 Å². The maximum atomic E-state index is 5.85. The van der Waals surface area contributed by atoms with Crippen molar-refractivity contribution in [2.45, 2.75) is 0 Å². The van der Waals surface area contributed by atoms with Crippen molar-refractivity contribution in [2.24, 2.45) is 0 Å². The Kier molecular flexibility index (Phi) is 2.46. The number of benzene rings is 3. The van der Waals surface area contributed by atoms with Gasteiger partial charge in [0.05, 0.1) is 0 Å². The maximum Gasteiger partial charge on any atom is 0.139 e. The molecule has 3 aromatic carbocycles. The lowest BCUT2D eigenvalue weighted by molar-refractivity contribution is 0.482. The maximum absolute atomic E-state index is 5.85. The molecule has 2 heteroatoms. The van der Waals surface area contributed by atoms with Crippen molar-refractivity contribution in [3.05, 3.63) is 72.8 Å². The molecule has 0 bridgehead atoms. The van der Waals surface area contributed by atoms with Crippen LogP contribution in [0.5, 0.6) is 11.5 Å². The van der Waals surface area contributed by atoms with E-state index in [1.807, 2.05) is 66.7 Å². The van der Waals surface area contributed by atoms with Gasteiger partial charge in [0.2, 0.25) is 0 Å². The molecule has 1 aromatic heterocycles. The van der Waals surface area contributed by atoms with Gasteiger partial charge in [-0.1, -0.05) is 36.4 Å². The van der Waals surface area contributed by atoms with Crippen molar-refractivity contribution >= 4 is 21.9 Å². The fraction of sp³-hybridized carbons (Fsp3) is 0. The number of para-hydroxylation sites is 2. The second-order valence-electron chi connectivity index (χ2n) is 4.67. The van der Waals surface area contributed by atoms with Crippen LogP contribution in [0.3, 0.4) is 0 Å². The lowest BCUT2D eigenvalue weighted by atomic mass is 10.1. The number of furan rings is 1. The molecule has 0 spiro atoms. The fourth-order valence-electron chi connectivity index (χ4n) is 2.39. The fourth-order valence-corrected chi connectivity index (χ4v) is 2.39. The second-order valence-corrected chi connectivity index (χ2v) is 4.67. The van der Waals surface area contributed by atoms with Gasteiger partial charge in [0, 0.05) is 16.8 Å². The third-order valence-electron chi connectivity index (χ3n) is 3.33. The second kappa shape index (κ2) is 4.42. The van der Waals surface area contributed by atoms with Gasteiger partial charge in [-0.05, 0) is 30.3 Å². The zero-order valence-corrected chi connectivity index (χ0v) is 10.7. The number of fused-ring (bicyclic) bond motifs is 3. The Bertz CT molecular complexity index is 876. The predicted octanol–water partition coefficient (Wildman–Crippen LogP) is 5.38. The third-order valence-corrected chi connectivity index (χ3v) is 3.33. The molecule has 96 valence electrons. The van der Waals surface area contributed by atoms with E-state index < -0.39 is 0 Å². The molecule has 0 unspecified atom stereocenters. The summed E-state index contributed by atoms with van der Waals surface area (Å²) in [6.07, 6.45) is 0. The smallest absolute Gasteiger partial charge is 0.139 e. The van der Waals surface area contributed by atoms with Crippen molar-refractivity contribution in [3.63, 3.8) is 0 Å². The highest BCUT2D eigenvalue weighted by atomic mass is 16.5. The Labute approximate surface area is 116 Å². The Balaban J connectivity index is 1.81. The van der Waals surface area contributed by atoms with Gasteiger partial charge in [-0.2, -0.15) is 0 Å². The summed E-state index contributed by atoms with van der Waals surface area (Å²) in [6, 6.07) is 23.7. The van der Waals surface area contributed by atoms with Gasteiger partial charge < -0.3 is 9.15 Å². The van der Waals surface area contributed by atoms with Gasteiger partial charge in [0.15, 0.2) is 0 Å². The summed E-state index contributed by atoms with van der Waals surface area (Å²) >= 11 is 0. The quantitative estimate of drug-likeness (QED) is 0.483. The number of hydrogen-bond donors (Lipinski definition) is 0. The first kappa shape index (κ1) is 11.1. The molecule has 20 heavy (non-hydrogen) atoms. The van der Waals surface area contributed by atoms with Crippen LogP contribution in [0, 0.1) is 0 Å². The average molecular weight is 260 g/mol. The third kappa shape index (κ3) is 1.82. The molecule has 0 saturated carbocycles. The molecule has 2 nitrogen and oxygen atoms in total. The van der Waals surface area contributed by atoms with E-state index in [0.29, 0.717) is 0 Å². The van der Waals surface area contributed by atoms with Crippen LogP contribution in [0.15, 0.2) is 77.2 Å². The monoisotopic (exact) mass is 260 g/mol. The molecular formula is C18H12O2. The molecule has 0 N–H and O–H groups in total. The Morgan fingerprint density at radius 2 is 1.35 bits per heavy atom. The van der Waals surface area contributed by atoms with Crippen molar-refractivity contribution in [3.8, 4) is 11.5 Å². The Hall–Kier alpha value is -2.74. The summed E-state index contributed by atoms with van der Waals surface area (Å²) in [6.45, 7) is 0. The Morgan fingerprint density at radius 3 is 2.25 bits per heavy atom. The molecule has 0 aliphatic heterocycles. The minimum atomic E-state index is 0.780. The summed E-state index contributed by atoms with van der Waals surface area (Å²) < 4.78 is 11.7. The number of hydrogen-bond acceptors (Lipinski definition) is 2. The SMILES string of the molecule is c1ccc(Oc2ccc3c(c2)oc2ccccc23)cc1. The van der Waals surface area contributed by atoms with Gasteiger partial charge in [-0.25, -0.2) is 0 Å². The van der Waals surface area contributed by atoms with Crippen molar-refractivity contribution in [1.82, 2.24) is 0 Å². The molecular weight excluding hydrogens is 248 g/mol. The minimum absolute atomic E-state index is 0.780. The van der Waals surface area contributed by atoms with Crippen LogP contribution in [0.4, 0.5) is 0 Å². The predicted molar refractivity (Wildman–Crippen MR) is 80.2 cm³/mol. The zero-order valence-electron chi connectivity index (χ0n) is 10.7. The van der Waals surface area contributed by atoms with E-state index in [0.717, 1.165) is 33.4 Å². The van der Waals surface area contributed by atoms with Gasteiger partial charge >= 0.3 is 0 Å². The molecule has 0 atom stereocenters. The van der Waals surface area contributed by atoms with Crippen LogP contribution in [-0.2, 0) is 0 Å². The summed E-state index contributed by atoms with van der Waals surface area (Å²) in [4.78, 5) is 0. The highest BCUT2D eigenvalue weighted by Crippen LogP contribution is 2.32. The zero-order chi connectivity index (χ0) is 13.4. The van der Waals surface area contributed by atoms with Crippen LogP contribution in [0.1, 0.15) is 0 Å². The van der Waals surface area contributed by atoms with Crippen molar-refractivity contribution in [1.29, 1.82) is 0 Å². The van der Waals surface area contributed by atoms with E-state index in [4.69, 9.17) is 9.15 Å². The highest BCUT2D eigenvalue weighted by Gasteiger charge is 2.07. The normalized spacial score (nSPS) is 11.0. The minimum Gasteiger partial charge on any atom is -0.457 e. The van der Waals surface area contributed by atoms with Gasteiger partial charge in [0.1, 0.15) is 22.7 Å².